The SMILES string of the molecule is CC(C)=CC[C@H]1C[C@]1(C)C1CCCCC12CO2. The molecular formula is C16H26O. The van der Waals surface area contributed by atoms with E-state index in [1.165, 1.54) is 44.1 Å². The van der Waals surface area contributed by atoms with E-state index in [-0.39, 0.29) is 0 Å². The first-order valence-corrected chi connectivity index (χ1v) is 7.34. The number of epoxide rings is 1. The Morgan fingerprint density at radius 2 is 2.12 bits per heavy atom. The lowest BCUT2D eigenvalue weighted by Gasteiger charge is -2.34. The van der Waals surface area contributed by atoms with Crippen molar-refractivity contribution in [2.45, 2.75) is 64.9 Å². The molecule has 0 bridgehead atoms. The Balaban J connectivity index is 1.66. The van der Waals surface area contributed by atoms with E-state index in [4.69, 9.17) is 4.74 Å². The molecule has 96 valence electrons. The molecule has 1 spiro atoms. The summed E-state index contributed by atoms with van der Waals surface area (Å²) in [5.74, 6) is 1.79. The summed E-state index contributed by atoms with van der Waals surface area (Å²) in [5, 5.41) is 0. The van der Waals surface area contributed by atoms with Gasteiger partial charge in [0.15, 0.2) is 0 Å². The summed E-state index contributed by atoms with van der Waals surface area (Å²) in [6.07, 6.45) is 10.7. The van der Waals surface area contributed by atoms with Gasteiger partial charge in [0.2, 0.25) is 0 Å². The van der Waals surface area contributed by atoms with Crippen LogP contribution in [0, 0.1) is 17.3 Å². The van der Waals surface area contributed by atoms with E-state index in [9.17, 15) is 0 Å². The predicted molar refractivity (Wildman–Crippen MR) is 70.9 cm³/mol. The molecule has 0 N–H and O–H groups in total. The van der Waals surface area contributed by atoms with Crippen LogP contribution in [0.2, 0.25) is 0 Å². The van der Waals surface area contributed by atoms with Gasteiger partial charge in [-0.25, -0.2) is 0 Å². The normalized spacial score (nSPS) is 47.9. The largest absolute Gasteiger partial charge is 0.369 e. The van der Waals surface area contributed by atoms with Crippen molar-refractivity contribution in [2.75, 3.05) is 6.61 Å². The molecule has 0 radical (unpaired) electrons. The van der Waals surface area contributed by atoms with Crippen LogP contribution in [0.4, 0.5) is 0 Å². The highest BCUT2D eigenvalue weighted by Crippen LogP contribution is 2.67. The maximum absolute atomic E-state index is 5.87. The van der Waals surface area contributed by atoms with Gasteiger partial charge in [-0.15, -0.1) is 0 Å². The maximum atomic E-state index is 5.87. The van der Waals surface area contributed by atoms with E-state index >= 15 is 0 Å². The van der Waals surface area contributed by atoms with Crippen molar-refractivity contribution >= 4 is 0 Å². The minimum Gasteiger partial charge on any atom is -0.369 e. The molecule has 4 atom stereocenters. The summed E-state index contributed by atoms with van der Waals surface area (Å²) in [7, 11) is 0. The van der Waals surface area contributed by atoms with Gasteiger partial charge in [0.1, 0.15) is 0 Å². The van der Waals surface area contributed by atoms with E-state index < -0.39 is 0 Å². The molecule has 0 aromatic carbocycles. The number of hydrogen-bond acceptors (Lipinski definition) is 1. The average Bonchev–Trinajstić information content (AvgIpc) is 3.17. The minimum absolute atomic E-state index is 0.340. The van der Waals surface area contributed by atoms with Crippen molar-refractivity contribution in [3.63, 3.8) is 0 Å². The molecule has 2 saturated carbocycles. The molecule has 1 aliphatic heterocycles. The van der Waals surface area contributed by atoms with Gasteiger partial charge in [-0.05, 0) is 56.8 Å². The van der Waals surface area contributed by atoms with Crippen LogP contribution < -0.4 is 0 Å². The topological polar surface area (TPSA) is 12.5 Å². The first-order chi connectivity index (χ1) is 8.07. The van der Waals surface area contributed by atoms with Crippen molar-refractivity contribution in [3.8, 4) is 0 Å². The zero-order chi connectivity index (χ0) is 12.1. The van der Waals surface area contributed by atoms with Gasteiger partial charge in [-0.2, -0.15) is 0 Å². The Labute approximate surface area is 106 Å². The quantitative estimate of drug-likeness (QED) is 0.523. The van der Waals surface area contributed by atoms with E-state index in [1.807, 2.05) is 0 Å². The third-order valence-electron chi connectivity index (χ3n) is 5.56. The Hall–Kier alpha value is -0.300. The third kappa shape index (κ3) is 1.97. The van der Waals surface area contributed by atoms with Gasteiger partial charge in [-0.3, -0.25) is 0 Å². The Morgan fingerprint density at radius 3 is 2.76 bits per heavy atom. The van der Waals surface area contributed by atoms with E-state index in [1.54, 1.807) is 0 Å². The van der Waals surface area contributed by atoms with E-state index in [2.05, 4.69) is 26.8 Å². The second-order valence-corrected chi connectivity index (χ2v) is 7.08. The molecule has 2 aliphatic carbocycles. The second-order valence-electron chi connectivity index (χ2n) is 7.08. The van der Waals surface area contributed by atoms with Gasteiger partial charge in [0.25, 0.3) is 0 Å². The molecule has 0 amide bonds. The van der Waals surface area contributed by atoms with Crippen LogP contribution in [0.15, 0.2) is 11.6 Å². The predicted octanol–water partition coefficient (Wildman–Crippen LogP) is 4.33. The zero-order valence-electron chi connectivity index (χ0n) is 11.6. The van der Waals surface area contributed by atoms with Crippen molar-refractivity contribution in [2.24, 2.45) is 17.3 Å². The van der Waals surface area contributed by atoms with Gasteiger partial charge in [0.05, 0.1) is 12.2 Å². The monoisotopic (exact) mass is 234 g/mol. The fraction of sp³-hybridized carbons (Fsp3) is 0.875. The summed E-state index contributed by atoms with van der Waals surface area (Å²) >= 11 is 0. The molecule has 1 nitrogen and oxygen atoms in total. The maximum Gasteiger partial charge on any atom is 0.0949 e. The summed E-state index contributed by atoms with van der Waals surface area (Å²) in [6.45, 7) is 8.01. The smallest absolute Gasteiger partial charge is 0.0949 e. The first kappa shape index (κ1) is 11.8. The van der Waals surface area contributed by atoms with Crippen LogP contribution in [0.1, 0.15) is 59.3 Å². The van der Waals surface area contributed by atoms with Crippen LogP contribution >= 0.6 is 0 Å². The molecule has 2 unspecified atom stereocenters. The lowest BCUT2D eigenvalue weighted by molar-refractivity contribution is 0.0959. The molecule has 0 aromatic heterocycles. The molecule has 1 saturated heterocycles. The lowest BCUT2D eigenvalue weighted by atomic mass is 9.70. The number of rotatable bonds is 3. The first-order valence-electron chi connectivity index (χ1n) is 7.34. The highest BCUT2D eigenvalue weighted by Gasteiger charge is 2.65. The third-order valence-corrected chi connectivity index (χ3v) is 5.56. The minimum atomic E-state index is 0.340. The molecular weight excluding hydrogens is 208 g/mol. The molecule has 1 heterocycles. The van der Waals surface area contributed by atoms with Gasteiger partial charge in [0, 0.05) is 0 Å². The van der Waals surface area contributed by atoms with Gasteiger partial charge >= 0.3 is 0 Å². The number of allylic oxidation sites excluding steroid dienone is 2. The van der Waals surface area contributed by atoms with E-state index in [0.717, 1.165) is 18.4 Å². The summed E-state index contributed by atoms with van der Waals surface area (Å²) in [5.41, 5.74) is 2.41. The second kappa shape index (κ2) is 3.85. The molecule has 3 fully saturated rings. The fourth-order valence-electron chi connectivity index (χ4n) is 4.21. The highest BCUT2D eigenvalue weighted by atomic mass is 16.6. The van der Waals surface area contributed by atoms with Crippen LogP contribution in [0.3, 0.4) is 0 Å². The molecule has 3 aliphatic rings. The highest BCUT2D eigenvalue weighted by molar-refractivity contribution is 5.15. The summed E-state index contributed by atoms with van der Waals surface area (Å²) < 4.78 is 5.87. The lowest BCUT2D eigenvalue weighted by Crippen LogP contribution is -2.35. The number of hydrogen-bond donors (Lipinski definition) is 0. The van der Waals surface area contributed by atoms with Crippen molar-refractivity contribution < 1.29 is 4.74 Å². The summed E-state index contributed by atoms with van der Waals surface area (Å²) in [4.78, 5) is 0. The Morgan fingerprint density at radius 1 is 1.35 bits per heavy atom. The van der Waals surface area contributed by atoms with Gasteiger partial charge in [-0.1, -0.05) is 31.4 Å². The van der Waals surface area contributed by atoms with Crippen molar-refractivity contribution in [1.82, 2.24) is 0 Å². The Bertz CT molecular complexity index is 335. The molecule has 1 heteroatoms. The van der Waals surface area contributed by atoms with Crippen LogP contribution in [-0.4, -0.2) is 12.2 Å². The van der Waals surface area contributed by atoms with E-state index in [0.29, 0.717) is 11.0 Å². The van der Waals surface area contributed by atoms with Crippen molar-refractivity contribution in [1.29, 1.82) is 0 Å². The molecule has 3 rings (SSSR count). The fourth-order valence-corrected chi connectivity index (χ4v) is 4.21. The average molecular weight is 234 g/mol. The summed E-state index contributed by atoms with van der Waals surface area (Å²) in [6, 6.07) is 0. The number of ether oxygens (including phenoxy) is 1. The van der Waals surface area contributed by atoms with Crippen LogP contribution in [0.5, 0.6) is 0 Å². The van der Waals surface area contributed by atoms with Crippen LogP contribution in [0.25, 0.3) is 0 Å². The van der Waals surface area contributed by atoms with Crippen molar-refractivity contribution in [3.05, 3.63) is 11.6 Å². The van der Waals surface area contributed by atoms with Crippen LogP contribution in [-0.2, 0) is 4.74 Å². The molecule has 0 aromatic rings. The zero-order valence-corrected chi connectivity index (χ0v) is 11.6. The molecule has 17 heavy (non-hydrogen) atoms. The Kier molecular flexibility index (Phi) is 2.66. The standard InChI is InChI=1S/C16H26O/c1-12(2)7-8-13-10-15(13,3)14-6-4-5-9-16(14)11-17-16/h7,13-14H,4-6,8-11H2,1-3H3/t13-,14?,15-,16?/m0/s1. The van der Waals surface area contributed by atoms with Gasteiger partial charge < -0.3 is 4.74 Å².